The summed E-state index contributed by atoms with van der Waals surface area (Å²) in [6.45, 7) is 0. The Labute approximate surface area is 257 Å². The van der Waals surface area contributed by atoms with Gasteiger partial charge in [0.05, 0.1) is 26.0 Å². The van der Waals surface area contributed by atoms with Crippen LogP contribution in [0.2, 0.25) is 0 Å². The van der Waals surface area contributed by atoms with E-state index in [1.807, 2.05) is 84.9 Å². The van der Waals surface area contributed by atoms with E-state index in [0.717, 1.165) is 50.7 Å². The van der Waals surface area contributed by atoms with Gasteiger partial charge >= 0.3 is 0 Å². The Morgan fingerprint density at radius 3 is 1.63 bits per heavy atom. The number of nitrogens with one attached hydrogen (secondary N) is 4. The van der Waals surface area contributed by atoms with E-state index in [-0.39, 0.29) is 6.04 Å². The van der Waals surface area contributed by atoms with E-state index in [1.165, 1.54) is 5.56 Å². The third-order valence-electron chi connectivity index (χ3n) is 6.81. The number of anilines is 6. The van der Waals surface area contributed by atoms with Gasteiger partial charge in [-0.25, -0.2) is 0 Å². The van der Waals surface area contributed by atoms with Crippen molar-refractivity contribution in [2.24, 2.45) is 5.10 Å². The van der Waals surface area contributed by atoms with Gasteiger partial charge in [0, 0.05) is 28.0 Å². The lowest BCUT2D eigenvalue weighted by Crippen LogP contribution is -2.09. The Morgan fingerprint density at radius 1 is 0.674 bits per heavy atom. The molecule has 10 nitrogen and oxygen atoms in total. The molecule has 1 unspecified atom stereocenters. The number of methoxy groups -OCH3 is 2. The van der Waals surface area contributed by atoms with E-state index in [1.54, 1.807) is 14.2 Å². The van der Waals surface area contributed by atoms with Gasteiger partial charge in [-0.1, -0.05) is 40.2 Å². The van der Waals surface area contributed by atoms with Crippen LogP contribution in [0, 0.1) is 0 Å². The van der Waals surface area contributed by atoms with Crippen LogP contribution in [-0.4, -0.2) is 34.9 Å². The first-order chi connectivity index (χ1) is 21.0. The minimum absolute atomic E-state index is 0.142. The van der Waals surface area contributed by atoms with Crippen molar-refractivity contribution >= 4 is 56.5 Å². The van der Waals surface area contributed by atoms with Crippen molar-refractivity contribution in [2.75, 3.05) is 30.2 Å². The van der Waals surface area contributed by atoms with Crippen LogP contribution in [0.5, 0.6) is 11.5 Å². The Balaban J connectivity index is 1.19. The second-order valence-corrected chi connectivity index (χ2v) is 10.6. The minimum Gasteiger partial charge on any atom is -0.497 e. The summed E-state index contributed by atoms with van der Waals surface area (Å²) in [5.41, 5.74) is 8.97. The van der Waals surface area contributed by atoms with Crippen LogP contribution in [-0.2, 0) is 0 Å². The minimum atomic E-state index is 0.142. The number of nitrogens with zero attached hydrogens (tertiary/aromatic N) is 4. The van der Waals surface area contributed by atoms with Crippen molar-refractivity contribution in [1.29, 1.82) is 0 Å². The Kier molecular flexibility index (Phi) is 8.32. The van der Waals surface area contributed by atoms with E-state index in [0.29, 0.717) is 17.8 Å². The monoisotopic (exact) mass is 636 g/mol. The quantitative estimate of drug-likeness (QED) is 0.125. The number of hydrogen-bond acceptors (Lipinski definition) is 10. The Morgan fingerprint density at radius 2 is 1.16 bits per heavy atom. The van der Waals surface area contributed by atoms with Gasteiger partial charge in [-0.15, -0.1) is 0 Å². The molecule has 1 aliphatic rings. The fraction of sp³-hybridized carbons (Fsp3) is 0.125. The molecule has 1 atom stereocenters. The summed E-state index contributed by atoms with van der Waals surface area (Å²) >= 11 is 3.55. The maximum Gasteiger partial charge on any atom is 0.233 e. The van der Waals surface area contributed by atoms with E-state index in [4.69, 9.17) is 9.47 Å². The first-order valence-corrected chi connectivity index (χ1v) is 14.4. The third-order valence-corrected chi connectivity index (χ3v) is 7.30. The molecule has 5 aromatic rings. The molecule has 216 valence electrons. The van der Waals surface area contributed by atoms with Crippen molar-refractivity contribution in [1.82, 2.24) is 20.4 Å². The predicted octanol–water partition coefficient (Wildman–Crippen LogP) is 7.32. The Hall–Kier alpha value is -5.16. The maximum absolute atomic E-state index is 5.27. The molecule has 4 aromatic carbocycles. The van der Waals surface area contributed by atoms with Gasteiger partial charge in [0.1, 0.15) is 11.5 Å². The zero-order valence-electron chi connectivity index (χ0n) is 23.5. The van der Waals surface area contributed by atoms with Gasteiger partial charge in [-0.3, -0.25) is 0 Å². The summed E-state index contributed by atoms with van der Waals surface area (Å²) < 4.78 is 11.6. The number of hydrogen-bond donors (Lipinski definition) is 4. The number of halogens is 1. The molecular weight excluding hydrogens is 608 g/mol. The highest BCUT2D eigenvalue weighted by atomic mass is 79.9. The van der Waals surface area contributed by atoms with Crippen molar-refractivity contribution in [3.05, 3.63) is 113 Å². The van der Waals surface area contributed by atoms with Crippen LogP contribution in [0.15, 0.2) is 107 Å². The standard InChI is InChI=1S/C32H29BrN8O2/c1-42-26-14-10-24(11-15-26)35-31-37-30(38-32(39-31)36-25-12-16-27(43-2)17-13-25)34-23-8-6-20(7-9-23)28-19-29(41-40-28)21-4-3-5-22(33)18-21/h3-18,29,41H,19H2,1-2H3,(H3,34,35,36,37,38,39). The fourth-order valence-corrected chi connectivity index (χ4v) is 4.98. The molecule has 0 saturated carbocycles. The summed E-state index contributed by atoms with van der Waals surface area (Å²) in [7, 11) is 3.27. The second kappa shape index (κ2) is 12.8. The number of aromatic nitrogens is 3. The number of rotatable bonds is 10. The molecule has 0 radical (unpaired) electrons. The van der Waals surface area contributed by atoms with Crippen LogP contribution in [0.25, 0.3) is 0 Å². The molecule has 0 aliphatic carbocycles. The van der Waals surface area contributed by atoms with E-state index in [2.05, 4.69) is 69.5 Å². The van der Waals surface area contributed by atoms with Crippen molar-refractivity contribution in [3.8, 4) is 11.5 Å². The summed E-state index contributed by atoms with van der Waals surface area (Å²) in [6, 6.07) is 31.5. The lowest BCUT2D eigenvalue weighted by molar-refractivity contribution is 0.415. The number of hydrazone groups is 1. The summed E-state index contributed by atoms with van der Waals surface area (Å²) in [5, 5.41) is 14.4. The van der Waals surface area contributed by atoms with Crippen LogP contribution >= 0.6 is 15.9 Å². The van der Waals surface area contributed by atoms with Gasteiger partial charge in [-0.05, 0) is 83.9 Å². The average Bonchev–Trinajstić information content (AvgIpc) is 3.53. The Bertz CT molecular complexity index is 1660. The molecule has 1 aromatic heterocycles. The van der Waals surface area contributed by atoms with E-state index >= 15 is 0 Å². The zero-order valence-corrected chi connectivity index (χ0v) is 25.1. The summed E-state index contributed by atoms with van der Waals surface area (Å²) in [6.07, 6.45) is 0.803. The largest absolute Gasteiger partial charge is 0.497 e. The molecule has 0 amide bonds. The van der Waals surface area contributed by atoms with Crippen LogP contribution in [0.3, 0.4) is 0 Å². The molecule has 0 saturated heterocycles. The topological polar surface area (TPSA) is 118 Å². The van der Waals surface area contributed by atoms with Gasteiger partial charge in [0.15, 0.2) is 0 Å². The highest BCUT2D eigenvalue weighted by molar-refractivity contribution is 9.10. The summed E-state index contributed by atoms with van der Waals surface area (Å²) in [4.78, 5) is 13.8. The third kappa shape index (κ3) is 7.02. The number of ether oxygens (including phenoxy) is 2. The fourth-order valence-electron chi connectivity index (χ4n) is 4.56. The molecule has 6 rings (SSSR count). The van der Waals surface area contributed by atoms with E-state index < -0.39 is 0 Å². The first kappa shape index (κ1) is 28.0. The first-order valence-electron chi connectivity index (χ1n) is 13.6. The summed E-state index contributed by atoms with van der Waals surface area (Å²) in [5.74, 6) is 2.65. The second-order valence-electron chi connectivity index (χ2n) is 9.71. The molecule has 43 heavy (non-hydrogen) atoms. The molecule has 2 heterocycles. The molecule has 4 N–H and O–H groups in total. The lowest BCUT2D eigenvalue weighted by atomic mass is 9.99. The molecule has 0 bridgehead atoms. The van der Waals surface area contributed by atoms with Gasteiger partial charge < -0.3 is 30.8 Å². The van der Waals surface area contributed by atoms with Crippen molar-refractivity contribution < 1.29 is 9.47 Å². The van der Waals surface area contributed by atoms with Crippen LogP contribution in [0.1, 0.15) is 23.6 Å². The lowest BCUT2D eigenvalue weighted by Gasteiger charge is -2.12. The van der Waals surface area contributed by atoms with Crippen LogP contribution in [0.4, 0.5) is 34.9 Å². The highest BCUT2D eigenvalue weighted by Crippen LogP contribution is 2.28. The smallest absolute Gasteiger partial charge is 0.233 e. The SMILES string of the molecule is COc1ccc(Nc2nc(Nc3ccc(OC)cc3)nc(Nc3ccc(C4=NNC(c5cccc(Br)c5)C4)cc3)n2)cc1. The molecule has 11 heteroatoms. The maximum atomic E-state index is 5.27. The van der Waals surface area contributed by atoms with Gasteiger partial charge in [-0.2, -0.15) is 20.1 Å². The highest BCUT2D eigenvalue weighted by Gasteiger charge is 2.21. The van der Waals surface area contributed by atoms with E-state index in [9.17, 15) is 0 Å². The average molecular weight is 638 g/mol. The van der Waals surface area contributed by atoms with Crippen molar-refractivity contribution in [3.63, 3.8) is 0 Å². The molecule has 0 spiro atoms. The van der Waals surface area contributed by atoms with Crippen LogP contribution < -0.4 is 30.8 Å². The molecular formula is C32H29BrN8O2. The zero-order chi connectivity index (χ0) is 29.6. The molecule has 0 fully saturated rings. The normalized spacial score (nSPS) is 13.9. The van der Waals surface area contributed by atoms with Gasteiger partial charge in [0.25, 0.3) is 0 Å². The van der Waals surface area contributed by atoms with Crippen molar-refractivity contribution in [2.45, 2.75) is 12.5 Å². The predicted molar refractivity (Wildman–Crippen MR) is 173 cm³/mol. The number of benzene rings is 4. The molecule has 1 aliphatic heterocycles. The van der Waals surface area contributed by atoms with Gasteiger partial charge in [0.2, 0.25) is 17.8 Å².